The van der Waals surface area contributed by atoms with Gasteiger partial charge < -0.3 is 15.3 Å². The summed E-state index contributed by atoms with van der Waals surface area (Å²) in [7, 11) is 0. The Labute approximate surface area is 138 Å². The van der Waals surface area contributed by atoms with Crippen LogP contribution in [-0.4, -0.2) is 46.9 Å². The highest BCUT2D eigenvalue weighted by atomic mass is 16.4. The first-order chi connectivity index (χ1) is 10.7. The number of carbonyl (C=O) groups is 3. The molecule has 0 saturated carbocycles. The van der Waals surface area contributed by atoms with Crippen LogP contribution in [0.5, 0.6) is 0 Å². The third-order valence-corrected chi connectivity index (χ3v) is 3.92. The van der Waals surface area contributed by atoms with Crippen molar-refractivity contribution in [1.29, 1.82) is 0 Å². The Kier molecular flexibility index (Phi) is 7.52. The number of nitrogens with zero attached hydrogens (tertiary/aromatic N) is 1. The number of rotatable bonds is 8. The molecule has 1 fully saturated rings. The molecule has 0 aromatic carbocycles. The number of nitrogens with one attached hydrogen (secondary N) is 1. The lowest BCUT2D eigenvalue weighted by Gasteiger charge is -2.27. The van der Waals surface area contributed by atoms with Crippen LogP contribution in [-0.2, 0) is 14.4 Å². The van der Waals surface area contributed by atoms with Crippen LogP contribution in [0.25, 0.3) is 0 Å². The molecule has 6 nitrogen and oxygen atoms in total. The van der Waals surface area contributed by atoms with Crippen LogP contribution in [0.2, 0.25) is 0 Å². The third-order valence-electron chi connectivity index (χ3n) is 3.92. The van der Waals surface area contributed by atoms with E-state index >= 15 is 0 Å². The van der Waals surface area contributed by atoms with Crippen molar-refractivity contribution in [3.63, 3.8) is 0 Å². The van der Waals surface area contributed by atoms with Crippen molar-refractivity contribution in [3.8, 4) is 0 Å². The maximum absolute atomic E-state index is 12.3. The van der Waals surface area contributed by atoms with Crippen LogP contribution in [0.4, 0.5) is 0 Å². The van der Waals surface area contributed by atoms with Gasteiger partial charge in [0.1, 0.15) is 6.04 Å². The lowest BCUT2D eigenvalue weighted by Crippen LogP contribution is -2.46. The highest BCUT2D eigenvalue weighted by molar-refractivity contribution is 5.88. The van der Waals surface area contributed by atoms with E-state index in [1.54, 1.807) is 4.90 Å². The number of likely N-dealkylation sites (tertiary alicyclic amines) is 1. The number of unbranched alkanes of at least 4 members (excludes halogenated alkanes) is 2. The van der Waals surface area contributed by atoms with Crippen molar-refractivity contribution in [2.24, 2.45) is 5.41 Å². The third kappa shape index (κ3) is 7.48. The molecule has 0 bridgehead atoms. The summed E-state index contributed by atoms with van der Waals surface area (Å²) in [5.41, 5.74) is -0.0785. The number of hydrogen-bond acceptors (Lipinski definition) is 3. The second-order valence-electron chi connectivity index (χ2n) is 7.48. The SMILES string of the molecule is CC(C)(C)CC(=O)N1CCCC1C(=O)NCCCCCC(=O)O. The fourth-order valence-electron chi connectivity index (χ4n) is 2.80. The van der Waals surface area contributed by atoms with Gasteiger partial charge in [0.05, 0.1) is 0 Å². The van der Waals surface area contributed by atoms with E-state index in [1.807, 2.05) is 20.8 Å². The minimum absolute atomic E-state index is 0.0524. The molecule has 0 aliphatic carbocycles. The first kappa shape index (κ1) is 19.5. The van der Waals surface area contributed by atoms with Gasteiger partial charge in [-0.2, -0.15) is 0 Å². The minimum Gasteiger partial charge on any atom is -0.481 e. The molecule has 1 heterocycles. The summed E-state index contributed by atoms with van der Waals surface area (Å²) in [6.45, 7) is 7.26. The van der Waals surface area contributed by atoms with E-state index in [2.05, 4.69) is 5.32 Å². The predicted octanol–water partition coefficient (Wildman–Crippen LogP) is 2.17. The first-order valence-corrected chi connectivity index (χ1v) is 8.50. The molecule has 23 heavy (non-hydrogen) atoms. The highest BCUT2D eigenvalue weighted by Crippen LogP contribution is 2.24. The van der Waals surface area contributed by atoms with E-state index in [0.717, 1.165) is 25.7 Å². The molecule has 2 N–H and O–H groups in total. The van der Waals surface area contributed by atoms with Crippen LogP contribution in [0.15, 0.2) is 0 Å². The number of carbonyl (C=O) groups excluding carboxylic acids is 2. The number of carboxylic acids is 1. The monoisotopic (exact) mass is 326 g/mol. The second kappa shape index (κ2) is 8.89. The van der Waals surface area contributed by atoms with E-state index in [9.17, 15) is 14.4 Å². The molecular formula is C17H30N2O4. The Morgan fingerprint density at radius 3 is 2.48 bits per heavy atom. The summed E-state index contributed by atoms with van der Waals surface area (Å²) in [5.74, 6) is -0.812. The van der Waals surface area contributed by atoms with Gasteiger partial charge in [0.25, 0.3) is 0 Å². The van der Waals surface area contributed by atoms with Gasteiger partial charge >= 0.3 is 5.97 Å². The van der Waals surface area contributed by atoms with E-state index in [-0.39, 0.29) is 29.7 Å². The van der Waals surface area contributed by atoms with E-state index in [4.69, 9.17) is 5.11 Å². The highest BCUT2D eigenvalue weighted by Gasteiger charge is 2.34. The molecule has 1 atom stereocenters. The molecule has 0 aromatic rings. The molecule has 132 valence electrons. The number of amides is 2. The van der Waals surface area contributed by atoms with Crippen molar-refractivity contribution in [3.05, 3.63) is 0 Å². The van der Waals surface area contributed by atoms with Gasteiger partial charge in [-0.05, 0) is 31.1 Å². The van der Waals surface area contributed by atoms with Crippen LogP contribution < -0.4 is 5.32 Å². The Morgan fingerprint density at radius 1 is 1.17 bits per heavy atom. The molecule has 1 saturated heterocycles. The summed E-state index contributed by atoms with van der Waals surface area (Å²) in [5, 5.41) is 11.4. The van der Waals surface area contributed by atoms with Gasteiger partial charge in [0, 0.05) is 25.9 Å². The average molecular weight is 326 g/mol. The Morgan fingerprint density at radius 2 is 1.87 bits per heavy atom. The molecular weight excluding hydrogens is 296 g/mol. The molecule has 1 unspecified atom stereocenters. The topological polar surface area (TPSA) is 86.7 Å². The molecule has 0 spiro atoms. The van der Waals surface area contributed by atoms with Crippen molar-refractivity contribution in [1.82, 2.24) is 10.2 Å². The molecule has 0 aromatic heterocycles. The quantitative estimate of drug-likeness (QED) is 0.669. The Balaban J connectivity index is 2.34. The number of aliphatic carboxylic acids is 1. The largest absolute Gasteiger partial charge is 0.481 e. The maximum atomic E-state index is 12.3. The zero-order chi connectivity index (χ0) is 17.5. The van der Waals surface area contributed by atoms with Crippen LogP contribution in [0.1, 0.15) is 65.7 Å². The fourth-order valence-corrected chi connectivity index (χ4v) is 2.80. The lowest BCUT2D eigenvalue weighted by molar-refractivity contribution is -0.139. The van der Waals surface area contributed by atoms with Crippen molar-refractivity contribution < 1.29 is 19.5 Å². The summed E-state index contributed by atoms with van der Waals surface area (Å²) >= 11 is 0. The van der Waals surface area contributed by atoms with Crippen molar-refractivity contribution >= 4 is 17.8 Å². The molecule has 1 aliphatic heterocycles. The van der Waals surface area contributed by atoms with Gasteiger partial charge in [-0.3, -0.25) is 14.4 Å². The zero-order valence-corrected chi connectivity index (χ0v) is 14.6. The van der Waals surface area contributed by atoms with E-state index < -0.39 is 5.97 Å². The first-order valence-electron chi connectivity index (χ1n) is 8.50. The van der Waals surface area contributed by atoms with Gasteiger partial charge in [-0.1, -0.05) is 27.2 Å². The van der Waals surface area contributed by atoms with Crippen molar-refractivity contribution in [2.75, 3.05) is 13.1 Å². The number of carboxylic acid groups (broad SMARTS) is 1. The van der Waals surface area contributed by atoms with Crippen LogP contribution in [0.3, 0.4) is 0 Å². The van der Waals surface area contributed by atoms with Gasteiger partial charge in [-0.15, -0.1) is 0 Å². The molecule has 2 amide bonds. The average Bonchev–Trinajstić information content (AvgIpc) is 2.89. The summed E-state index contributed by atoms with van der Waals surface area (Å²) < 4.78 is 0. The zero-order valence-electron chi connectivity index (χ0n) is 14.6. The number of hydrogen-bond donors (Lipinski definition) is 2. The Bertz CT molecular complexity index is 429. The van der Waals surface area contributed by atoms with Crippen LogP contribution >= 0.6 is 0 Å². The van der Waals surface area contributed by atoms with Gasteiger partial charge in [0.15, 0.2) is 0 Å². The molecule has 0 radical (unpaired) electrons. The normalized spacial score (nSPS) is 18.0. The lowest BCUT2D eigenvalue weighted by atomic mass is 9.91. The Hall–Kier alpha value is -1.59. The second-order valence-corrected chi connectivity index (χ2v) is 7.48. The van der Waals surface area contributed by atoms with E-state index in [1.165, 1.54) is 0 Å². The van der Waals surface area contributed by atoms with Crippen molar-refractivity contribution in [2.45, 2.75) is 71.8 Å². The maximum Gasteiger partial charge on any atom is 0.303 e. The molecule has 6 heteroatoms. The van der Waals surface area contributed by atoms with Gasteiger partial charge in [-0.25, -0.2) is 0 Å². The summed E-state index contributed by atoms with van der Waals surface area (Å²) in [6, 6.07) is -0.344. The predicted molar refractivity (Wildman–Crippen MR) is 87.9 cm³/mol. The summed E-state index contributed by atoms with van der Waals surface area (Å²) in [4.78, 5) is 36.7. The van der Waals surface area contributed by atoms with Crippen LogP contribution in [0, 0.1) is 5.41 Å². The fraction of sp³-hybridized carbons (Fsp3) is 0.824. The molecule has 1 aliphatic rings. The molecule has 1 rings (SSSR count). The standard InChI is InChI=1S/C17H30N2O4/c1-17(2,3)12-14(20)19-11-7-8-13(19)16(23)18-10-6-4-5-9-15(21)22/h13H,4-12H2,1-3H3,(H,18,23)(H,21,22). The smallest absolute Gasteiger partial charge is 0.303 e. The summed E-state index contributed by atoms with van der Waals surface area (Å²) in [6.07, 6.45) is 4.39. The van der Waals surface area contributed by atoms with Gasteiger partial charge in [0.2, 0.25) is 11.8 Å². The minimum atomic E-state index is -0.784. The van der Waals surface area contributed by atoms with E-state index in [0.29, 0.717) is 25.9 Å².